The molecule has 1 aliphatic heterocycles. The summed E-state index contributed by atoms with van der Waals surface area (Å²) in [5, 5.41) is 8.35. The van der Waals surface area contributed by atoms with Crippen LogP contribution in [-0.4, -0.2) is 50.0 Å². The van der Waals surface area contributed by atoms with E-state index in [1.54, 1.807) is 18.5 Å². The van der Waals surface area contributed by atoms with Crippen LogP contribution in [0, 0.1) is 11.7 Å². The van der Waals surface area contributed by atoms with Gasteiger partial charge in [-0.1, -0.05) is 15.9 Å². The van der Waals surface area contributed by atoms with Crippen molar-refractivity contribution in [2.45, 2.75) is 25.8 Å². The van der Waals surface area contributed by atoms with E-state index < -0.39 is 5.82 Å². The van der Waals surface area contributed by atoms with Gasteiger partial charge in [-0.3, -0.25) is 4.79 Å². The summed E-state index contributed by atoms with van der Waals surface area (Å²) in [7, 11) is 0. The van der Waals surface area contributed by atoms with E-state index in [-0.39, 0.29) is 17.9 Å². The molecule has 0 spiro atoms. The van der Waals surface area contributed by atoms with Crippen LogP contribution < -0.4 is 4.74 Å². The number of carbonyl (C=O) groups is 1. The fourth-order valence-corrected chi connectivity index (χ4v) is 3.96. The lowest BCUT2D eigenvalue weighted by atomic mass is 9.93. The van der Waals surface area contributed by atoms with Gasteiger partial charge < -0.3 is 9.64 Å². The first-order chi connectivity index (χ1) is 14.5. The predicted molar refractivity (Wildman–Crippen MR) is 112 cm³/mol. The van der Waals surface area contributed by atoms with Crippen molar-refractivity contribution in [1.82, 2.24) is 24.9 Å². The van der Waals surface area contributed by atoms with E-state index in [0.29, 0.717) is 30.3 Å². The van der Waals surface area contributed by atoms with Gasteiger partial charge in [-0.25, -0.2) is 9.37 Å². The molecule has 30 heavy (non-hydrogen) atoms. The summed E-state index contributed by atoms with van der Waals surface area (Å²) in [5.74, 6) is 0.0742. The van der Waals surface area contributed by atoms with Crippen LogP contribution in [0.4, 0.5) is 4.39 Å². The van der Waals surface area contributed by atoms with Gasteiger partial charge in [0.2, 0.25) is 5.88 Å². The number of aromatic nitrogens is 4. The molecule has 0 saturated carbocycles. The number of hydrogen-bond acceptors (Lipinski definition) is 5. The number of nitrogens with zero attached hydrogens (tertiary/aromatic N) is 5. The summed E-state index contributed by atoms with van der Waals surface area (Å²) in [5.41, 5.74) is 1.17. The van der Waals surface area contributed by atoms with Gasteiger partial charge in [-0.2, -0.15) is 15.0 Å². The molecule has 156 valence electrons. The summed E-state index contributed by atoms with van der Waals surface area (Å²) >= 11 is 3.46. The first-order valence-corrected chi connectivity index (χ1v) is 10.5. The molecule has 2 aromatic heterocycles. The molecule has 0 radical (unpaired) electrons. The highest BCUT2D eigenvalue weighted by Crippen LogP contribution is 2.27. The second-order valence-corrected chi connectivity index (χ2v) is 8.27. The lowest BCUT2D eigenvalue weighted by molar-refractivity contribution is 0.0502. The summed E-state index contributed by atoms with van der Waals surface area (Å²) < 4.78 is 19.6. The smallest absolute Gasteiger partial charge is 0.256 e. The van der Waals surface area contributed by atoms with Crippen molar-refractivity contribution >= 4 is 21.8 Å². The Bertz CT molecular complexity index is 1010. The van der Waals surface area contributed by atoms with Gasteiger partial charge in [0.1, 0.15) is 5.82 Å². The van der Waals surface area contributed by atoms with Gasteiger partial charge in [0.15, 0.2) is 0 Å². The third-order valence-corrected chi connectivity index (χ3v) is 5.72. The maximum atomic E-state index is 13.5. The number of pyridine rings is 1. The molecule has 0 bridgehead atoms. The molecule has 0 N–H and O–H groups in total. The normalized spacial score (nSPS) is 19.0. The minimum Gasteiger partial charge on any atom is -0.477 e. The third-order valence-electron chi connectivity index (χ3n) is 5.23. The zero-order valence-corrected chi connectivity index (χ0v) is 18.0. The van der Waals surface area contributed by atoms with Crippen LogP contribution in [-0.2, 0) is 0 Å². The number of carbonyl (C=O) groups excluding carboxylic acids is 1. The number of likely N-dealkylation sites (tertiary alicyclic amines) is 1. The molecule has 1 aliphatic rings. The number of amides is 1. The summed E-state index contributed by atoms with van der Waals surface area (Å²) in [6.07, 6.45) is 6.11. The Labute approximate surface area is 182 Å². The Hall–Kier alpha value is -2.81. The molecule has 7 nitrogen and oxygen atoms in total. The Balaban J connectivity index is 1.50. The van der Waals surface area contributed by atoms with Crippen molar-refractivity contribution in [1.29, 1.82) is 0 Å². The highest BCUT2D eigenvalue weighted by molar-refractivity contribution is 9.10. The quantitative estimate of drug-likeness (QED) is 0.561. The van der Waals surface area contributed by atoms with Gasteiger partial charge in [0, 0.05) is 29.0 Å². The van der Waals surface area contributed by atoms with Crippen LogP contribution in [0.15, 0.2) is 53.4 Å². The molecular weight excluding hydrogens is 453 g/mol. The number of ether oxygens (including phenoxy) is 1. The summed E-state index contributed by atoms with van der Waals surface area (Å²) in [6, 6.07) is 8.42. The van der Waals surface area contributed by atoms with E-state index in [4.69, 9.17) is 4.74 Å². The van der Waals surface area contributed by atoms with Crippen molar-refractivity contribution in [3.63, 3.8) is 0 Å². The van der Waals surface area contributed by atoms with Crippen molar-refractivity contribution in [3.05, 3.63) is 64.8 Å². The lowest BCUT2D eigenvalue weighted by Gasteiger charge is -2.38. The minimum atomic E-state index is -0.401. The largest absolute Gasteiger partial charge is 0.477 e. The van der Waals surface area contributed by atoms with Crippen LogP contribution in [0.25, 0.3) is 5.69 Å². The number of halogens is 2. The molecule has 9 heteroatoms. The number of rotatable bonds is 5. The Kier molecular flexibility index (Phi) is 6.08. The van der Waals surface area contributed by atoms with Crippen molar-refractivity contribution in [2.24, 2.45) is 5.92 Å². The van der Waals surface area contributed by atoms with Crippen molar-refractivity contribution in [3.8, 4) is 11.6 Å². The number of piperidine rings is 1. The SMILES string of the molecule is CC1CCC(COc2ccc(F)cn2)CN1C(=O)c1cc(Br)ccc1-n1nccn1. The molecule has 1 amide bonds. The van der Waals surface area contributed by atoms with Crippen LogP contribution in [0.2, 0.25) is 0 Å². The molecule has 1 aromatic carbocycles. The molecule has 2 unspecified atom stereocenters. The van der Waals surface area contributed by atoms with E-state index in [2.05, 4.69) is 38.0 Å². The third kappa shape index (κ3) is 4.51. The number of benzene rings is 1. The second-order valence-electron chi connectivity index (χ2n) is 7.36. The predicted octanol–water partition coefficient (Wildman–Crippen LogP) is 3.88. The highest BCUT2D eigenvalue weighted by atomic mass is 79.9. The van der Waals surface area contributed by atoms with Gasteiger partial charge in [-0.05, 0) is 44.0 Å². The fourth-order valence-electron chi connectivity index (χ4n) is 3.60. The maximum absolute atomic E-state index is 13.5. The Morgan fingerprint density at radius 1 is 1.23 bits per heavy atom. The summed E-state index contributed by atoms with van der Waals surface area (Å²) in [4.78, 5) is 20.7. The van der Waals surface area contributed by atoms with E-state index in [0.717, 1.165) is 23.5 Å². The highest BCUT2D eigenvalue weighted by Gasteiger charge is 2.31. The maximum Gasteiger partial charge on any atom is 0.256 e. The van der Waals surface area contributed by atoms with E-state index in [1.807, 2.05) is 17.0 Å². The average molecular weight is 474 g/mol. The molecule has 3 heterocycles. The molecule has 4 rings (SSSR count). The molecule has 3 aromatic rings. The Morgan fingerprint density at radius 3 is 2.77 bits per heavy atom. The zero-order valence-electron chi connectivity index (χ0n) is 16.4. The fraction of sp³-hybridized carbons (Fsp3) is 0.333. The first-order valence-electron chi connectivity index (χ1n) is 9.73. The molecular formula is C21H21BrFN5O2. The zero-order chi connectivity index (χ0) is 21.1. The molecule has 0 aliphatic carbocycles. The van der Waals surface area contributed by atoms with E-state index in [9.17, 15) is 9.18 Å². The van der Waals surface area contributed by atoms with Crippen LogP contribution >= 0.6 is 15.9 Å². The van der Waals surface area contributed by atoms with Crippen molar-refractivity contribution in [2.75, 3.05) is 13.2 Å². The van der Waals surface area contributed by atoms with E-state index >= 15 is 0 Å². The second kappa shape index (κ2) is 8.91. The van der Waals surface area contributed by atoms with Crippen LogP contribution in [0.1, 0.15) is 30.1 Å². The molecule has 1 saturated heterocycles. The first kappa shape index (κ1) is 20.5. The molecule has 2 atom stereocenters. The van der Waals surface area contributed by atoms with Crippen molar-refractivity contribution < 1.29 is 13.9 Å². The minimum absolute atomic E-state index is 0.0688. The molecule has 1 fully saturated rings. The van der Waals surface area contributed by atoms with E-state index in [1.165, 1.54) is 16.9 Å². The Morgan fingerprint density at radius 2 is 2.03 bits per heavy atom. The van der Waals surface area contributed by atoms with Gasteiger partial charge in [0.05, 0.1) is 36.4 Å². The van der Waals surface area contributed by atoms with Gasteiger partial charge in [0.25, 0.3) is 5.91 Å². The van der Waals surface area contributed by atoms with Crippen LogP contribution in [0.3, 0.4) is 0 Å². The van der Waals surface area contributed by atoms with Gasteiger partial charge in [-0.15, -0.1) is 0 Å². The topological polar surface area (TPSA) is 73.1 Å². The van der Waals surface area contributed by atoms with Gasteiger partial charge >= 0.3 is 0 Å². The lowest BCUT2D eigenvalue weighted by Crippen LogP contribution is -2.47. The standard InChI is InChI=1S/C21H21BrFN5O2/c1-14-2-3-15(13-30-20-7-5-17(23)11-24-20)12-27(14)21(29)18-10-16(22)4-6-19(18)28-25-8-9-26-28/h4-11,14-15H,2-3,12-13H2,1H3. The average Bonchev–Trinajstić information content (AvgIpc) is 3.28. The number of hydrogen-bond donors (Lipinski definition) is 0. The summed E-state index contributed by atoms with van der Waals surface area (Å²) in [6.45, 7) is 3.04. The van der Waals surface area contributed by atoms with Crippen LogP contribution in [0.5, 0.6) is 5.88 Å². The monoisotopic (exact) mass is 473 g/mol.